The number of esters is 2. The van der Waals surface area contributed by atoms with Gasteiger partial charge in [-0.1, -0.05) is 24.3 Å². The number of nitro benzene ring substituents is 1. The molecule has 0 aliphatic carbocycles. The van der Waals surface area contributed by atoms with E-state index in [1.807, 2.05) is 0 Å². The van der Waals surface area contributed by atoms with E-state index >= 15 is 0 Å². The standard InChI is InChI=1S/C17H15NO7/c1-24-16(20)15(17(21)25-2)13-8-5-11(9-14(13)18(22)23)10-3-6-12(19)7-4-10/h3-9,15,19H,1-2H3. The number of phenols is 1. The molecule has 2 aromatic carbocycles. The van der Waals surface area contributed by atoms with E-state index < -0.39 is 28.5 Å². The first-order chi connectivity index (χ1) is 11.9. The van der Waals surface area contributed by atoms with Crippen LogP contribution in [0.2, 0.25) is 0 Å². The van der Waals surface area contributed by atoms with Crippen molar-refractivity contribution in [2.75, 3.05) is 14.2 Å². The average molecular weight is 345 g/mol. The Balaban J connectivity index is 2.58. The Morgan fingerprint density at radius 2 is 1.52 bits per heavy atom. The molecule has 0 saturated carbocycles. The summed E-state index contributed by atoms with van der Waals surface area (Å²) in [6.07, 6.45) is 0. The quantitative estimate of drug-likeness (QED) is 0.383. The van der Waals surface area contributed by atoms with Crippen LogP contribution in [0.1, 0.15) is 11.5 Å². The van der Waals surface area contributed by atoms with Gasteiger partial charge in [0.1, 0.15) is 5.75 Å². The van der Waals surface area contributed by atoms with Gasteiger partial charge in [-0.3, -0.25) is 19.7 Å². The fraction of sp³-hybridized carbons (Fsp3) is 0.176. The Labute approximate surface area is 142 Å². The molecule has 8 nitrogen and oxygen atoms in total. The molecule has 0 saturated heterocycles. The molecule has 0 spiro atoms. The molecule has 1 N–H and O–H groups in total. The second-order valence-corrected chi connectivity index (χ2v) is 5.06. The number of carbonyl (C=O) groups excluding carboxylic acids is 2. The number of methoxy groups -OCH3 is 2. The van der Waals surface area contributed by atoms with Gasteiger partial charge in [0.25, 0.3) is 5.69 Å². The number of ether oxygens (including phenoxy) is 2. The lowest BCUT2D eigenvalue weighted by atomic mass is 9.94. The van der Waals surface area contributed by atoms with Crippen LogP contribution in [0.25, 0.3) is 11.1 Å². The van der Waals surface area contributed by atoms with Crippen molar-refractivity contribution in [3.8, 4) is 16.9 Å². The second kappa shape index (κ2) is 7.43. The highest BCUT2D eigenvalue weighted by atomic mass is 16.6. The number of carbonyl (C=O) groups is 2. The highest BCUT2D eigenvalue weighted by Crippen LogP contribution is 2.33. The van der Waals surface area contributed by atoms with Gasteiger partial charge in [0.2, 0.25) is 0 Å². The van der Waals surface area contributed by atoms with E-state index in [4.69, 9.17) is 0 Å². The maximum absolute atomic E-state index is 11.9. The van der Waals surface area contributed by atoms with Crippen molar-refractivity contribution in [3.05, 3.63) is 58.1 Å². The minimum Gasteiger partial charge on any atom is -0.508 e. The molecule has 2 rings (SSSR count). The molecule has 0 unspecified atom stereocenters. The van der Waals surface area contributed by atoms with Crippen molar-refractivity contribution >= 4 is 17.6 Å². The van der Waals surface area contributed by atoms with Gasteiger partial charge in [0.05, 0.1) is 24.7 Å². The highest BCUT2D eigenvalue weighted by molar-refractivity contribution is 6.01. The summed E-state index contributed by atoms with van der Waals surface area (Å²) in [7, 11) is 2.16. The predicted octanol–water partition coefficient (Wildman–Crippen LogP) is 2.40. The maximum atomic E-state index is 11.9. The summed E-state index contributed by atoms with van der Waals surface area (Å²) in [5.74, 6) is -3.39. The number of nitro groups is 1. The largest absolute Gasteiger partial charge is 0.508 e. The summed E-state index contributed by atoms with van der Waals surface area (Å²) < 4.78 is 9.12. The second-order valence-electron chi connectivity index (χ2n) is 5.06. The van der Waals surface area contributed by atoms with E-state index in [1.165, 1.54) is 30.3 Å². The highest BCUT2D eigenvalue weighted by Gasteiger charge is 2.36. The Kier molecular flexibility index (Phi) is 5.33. The minimum absolute atomic E-state index is 0.0614. The van der Waals surface area contributed by atoms with Gasteiger partial charge in [-0.2, -0.15) is 0 Å². The molecule has 0 radical (unpaired) electrons. The van der Waals surface area contributed by atoms with Crippen molar-refractivity contribution in [1.29, 1.82) is 0 Å². The third-order valence-electron chi connectivity index (χ3n) is 3.61. The van der Waals surface area contributed by atoms with Crippen LogP contribution in [0.5, 0.6) is 5.75 Å². The van der Waals surface area contributed by atoms with Crippen molar-refractivity contribution < 1.29 is 29.1 Å². The van der Waals surface area contributed by atoms with Gasteiger partial charge in [0, 0.05) is 6.07 Å². The molecule has 0 bridgehead atoms. The lowest BCUT2D eigenvalue weighted by molar-refractivity contribution is -0.385. The number of phenolic OH excluding ortho intramolecular Hbond substituents is 1. The lowest BCUT2D eigenvalue weighted by Gasteiger charge is -2.14. The van der Waals surface area contributed by atoms with E-state index in [2.05, 4.69) is 9.47 Å². The first-order valence-electron chi connectivity index (χ1n) is 7.12. The Morgan fingerprint density at radius 1 is 1.00 bits per heavy atom. The molecule has 0 aliphatic heterocycles. The van der Waals surface area contributed by atoms with Crippen molar-refractivity contribution in [2.45, 2.75) is 5.92 Å². The number of nitrogens with zero attached hydrogens (tertiary/aromatic N) is 1. The van der Waals surface area contributed by atoms with Gasteiger partial charge >= 0.3 is 11.9 Å². The molecule has 0 aromatic heterocycles. The Morgan fingerprint density at radius 3 is 2.00 bits per heavy atom. The molecular formula is C17H15NO7. The summed E-state index contributed by atoms with van der Waals surface area (Å²) in [5.41, 5.74) is 0.585. The van der Waals surface area contributed by atoms with Crippen molar-refractivity contribution in [1.82, 2.24) is 0 Å². The molecule has 0 atom stereocenters. The van der Waals surface area contributed by atoms with E-state index in [0.717, 1.165) is 14.2 Å². The van der Waals surface area contributed by atoms with Crippen LogP contribution in [0, 0.1) is 10.1 Å². The fourth-order valence-corrected chi connectivity index (χ4v) is 2.37. The number of hydrogen-bond acceptors (Lipinski definition) is 7. The monoisotopic (exact) mass is 345 g/mol. The zero-order valence-electron chi connectivity index (χ0n) is 13.5. The number of rotatable bonds is 5. The third-order valence-corrected chi connectivity index (χ3v) is 3.61. The van der Waals surface area contributed by atoms with E-state index in [-0.39, 0.29) is 11.3 Å². The Hall–Kier alpha value is -3.42. The average Bonchev–Trinajstić information content (AvgIpc) is 2.62. The Bertz CT molecular complexity index is 798. The maximum Gasteiger partial charge on any atom is 0.324 e. The number of hydrogen-bond donors (Lipinski definition) is 1. The molecule has 25 heavy (non-hydrogen) atoms. The van der Waals surface area contributed by atoms with Crippen LogP contribution in [0.3, 0.4) is 0 Å². The van der Waals surface area contributed by atoms with Gasteiger partial charge in [-0.25, -0.2) is 0 Å². The molecule has 0 aliphatic rings. The molecular weight excluding hydrogens is 330 g/mol. The van der Waals surface area contributed by atoms with Crippen LogP contribution < -0.4 is 0 Å². The number of benzene rings is 2. The van der Waals surface area contributed by atoms with Crippen LogP contribution >= 0.6 is 0 Å². The van der Waals surface area contributed by atoms with E-state index in [9.17, 15) is 24.8 Å². The van der Waals surface area contributed by atoms with Crippen LogP contribution in [0.15, 0.2) is 42.5 Å². The smallest absolute Gasteiger partial charge is 0.324 e. The van der Waals surface area contributed by atoms with Crippen molar-refractivity contribution in [3.63, 3.8) is 0 Å². The molecule has 0 heterocycles. The predicted molar refractivity (Wildman–Crippen MR) is 87.0 cm³/mol. The number of aromatic hydroxyl groups is 1. The van der Waals surface area contributed by atoms with Gasteiger partial charge in [-0.15, -0.1) is 0 Å². The summed E-state index contributed by atoms with van der Waals surface area (Å²) in [6, 6.07) is 10.2. The fourth-order valence-electron chi connectivity index (χ4n) is 2.37. The summed E-state index contributed by atoms with van der Waals surface area (Å²) in [5, 5.41) is 20.8. The zero-order valence-corrected chi connectivity index (χ0v) is 13.5. The van der Waals surface area contributed by atoms with Crippen LogP contribution in [-0.4, -0.2) is 36.2 Å². The molecule has 2 aromatic rings. The van der Waals surface area contributed by atoms with E-state index in [0.29, 0.717) is 11.1 Å². The summed E-state index contributed by atoms with van der Waals surface area (Å²) >= 11 is 0. The topological polar surface area (TPSA) is 116 Å². The molecule has 130 valence electrons. The minimum atomic E-state index is -1.55. The van der Waals surface area contributed by atoms with Gasteiger partial charge in [0.15, 0.2) is 5.92 Å². The summed E-state index contributed by atoms with van der Waals surface area (Å²) in [4.78, 5) is 34.6. The van der Waals surface area contributed by atoms with Crippen LogP contribution in [-0.2, 0) is 19.1 Å². The third kappa shape index (κ3) is 3.74. The van der Waals surface area contributed by atoms with Crippen molar-refractivity contribution in [2.24, 2.45) is 0 Å². The lowest BCUT2D eigenvalue weighted by Crippen LogP contribution is -2.25. The molecule has 0 amide bonds. The molecule has 8 heteroatoms. The zero-order chi connectivity index (χ0) is 18.6. The first-order valence-corrected chi connectivity index (χ1v) is 7.12. The first kappa shape index (κ1) is 17.9. The summed E-state index contributed by atoms with van der Waals surface area (Å²) in [6.45, 7) is 0. The van der Waals surface area contributed by atoms with Gasteiger partial charge < -0.3 is 14.6 Å². The van der Waals surface area contributed by atoms with E-state index in [1.54, 1.807) is 12.1 Å². The van der Waals surface area contributed by atoms with Gasteiger partial charge in [-0.05, 0) is 23.3 Å². The molecule has 0 fully saturated rings. The normalized spacial score (nSPS) is 10.4. The van der Waals surface area contributed by atoms with Crippen LogP contribution in [0.4, 0.5) is 5.69 Å². The SMILES string of the molecule is COC(=O)C(C(=O)OC)c1ccc(-c2ccc(O)cc2)cc1[N+](=O)[O-].